The van der Waals surface area contributed by atoms with Crippen LogP contribution in [-0.2, 0) is 10.0 Å². The number of nitrogens with one attached hydrogen (secondary N) is 1. The molecule has 1 aromatic rings. The summed E-state index contributed by atoms with van der Waals surface area (Å²) < 4.78 is 53.5. The molecule has 1 aliphatic rings. The van der Waals surface area contributed by atoms with Gasteiger partial charge in [0.05, 0.1) is 0 Å². The van der Waals surface area contributed by atoms with Crippen LogP contribution in [0.5, 0.6) is 0 Å². The number of nitrogen functional groups attached to an aromatic ring is 1. The van der Waals surface area contributed by atoms with Gasteiger partial charge in [-0.2, -0.15) is 0 Å². The lowest BCUT2D eigenvalue weighted by atomic mass is 9.83. The average Bonchev–Trinajstić information content (AvgIpc) is 2.41. The van der Waals surface area contributed by atoms with Crippen LogP contribution in [0, 0.1) is 23.5 Å². The Kier molecular flexibility index (Phi) is 4.83. The second-order valence-electron chi connectivity index (χ2n) is 5.80. The second kappa shape index (κ2) is 6.27. The first kappa shape index (κ1) is 16.2. The van der Waals surface area contributed by atoms with Gasteiger partial charge >= 0.3 is 0 Å². The Morgan fingerprint density at radius 3 is 2.71 bits per heavy atom. The van der Waals surface area contributed by atoms with Crippen molar-refractivity contribution in [3.63, 3.8) is 0 Å². The standard InChI is InChI=1S/C14H20F2N2O2S/c1-9-3-2-4-10(5-9)8-18-21(19,20)13-7-11(17)6-12(15)14(13)16/h6-7,9-10,18H,2-5,8,17H2,1H3. The Balaban J connectivity index is 2.12. The monoisotopic (exact) mass is 318 g/mol. The van der Waals surface area contributed by atoms with E-state index in [0.29, 0.717) is 5.92 Å². The molecule has 1 fully saturated rings. The third kappa shape index (κ3) is 3.91. The molecular weight excluding hydrogens is 298 g/mol. The van der Waals surface area contributed by atoms with Crippen LogP contribution in [0.15, 0.2) is 17.0 Å². The van der Waals surface area contributed by atoms with E-state index in [4.69, 9.17) is 5.73 Å². The van der Waals surface area contributed by atoms with Crippen molar-refractivity contribution in [1.29, 1.82) is 0 Å². The Labute approximate surface area is 123 Å². The number of nitrogens with two attached hydrogens (primary N) is 1. The number of sulfonamides is 1. The highest BCUT2D eigenvalue weighted by molar-refractivity contribution is 7.89. The summed E-state index contributed by atoms with van der Waals surface area (Å²) in [4.78, 5) is -0.733. The summed E-state index contributed by atoms with van der Waals surface area (Å²) in [5.41, 5.74) is 5.26. The molecule has 0 bridgehead atoms. The van der Waals surface area contributed by atoms with Crippen LogP contribution in [-0.4, -0.2) is 15.0 Å². The van der Waals surface area contributed by atoms with Crippen LogP contribution in [0.3, 0.4) is 0 Å². The van der Waals surface area contributed by atoms with Gasteiger partial charge in [0.15, 0.2) is 11.6 Å². The minimum absolute atomic E-state index is 0.124. The van der Waals surface area contributed by atoms with Gasteiger partial charge < -0.3 is 5.73 Å². The van der Waals surface area contributed by atoms with Gasteiger partial charge in [-0.15, -0.1) is 0 Å². The van der Waals surface area contributed by atoms with Gasteiger partial charge in [-0.3, -0.25) is 0 Å². The molecule has 0 radical (unpaired) electrons. The first-order valence-electron chi connectivity index (χ1n) is 7.04. The predicted octanol–water partition coefficient (Wildman–Crippen LogP) is 2.65. The van der Waals surface area contributed by atoms with E-state index in [-0.39, 0.29) is 18.2 Å². The molecule has 1 aromatic carbocycles. The average molecular weight is 318 g/mol. The third-order valence-electron chi connectivity index (χ3n) is 3.91. The highest BCUT2D eigenvalue weighted by Gasteiger charge is 2.25. The van der Waals surface area contributed by atoms with Crippen molar-refractivity contribution in [3.05, 3.63) is 23.8 Å². The van der Waals surface area contributed by atoms with Crippen molar-refractivity contribution in [1.82, 2.24) is 4.72 Å². The zero-order valence-electron chi connectivity index (χ0n) is 11.9. The summed E-state index contributed by atoms with van der Waals surface area (Å²) in [5, 5.41) is 0. The Morgan fingerprint density at radius 2 is 2.05 bits per heavy atom. The molecule has 0 aliphatic heterocycles. The lowest BCUT2D eigenvalue weighted by Gasteiger charge is -2.26. The summed E-state index contributed by atoms with van der Waals surface area (Å²) in [6.07, 6.45) is 4.10. The summed E-state index contributed by atoms with van der Waals surface area (Å²) in [5.74, 6) is -1.86. The van der Waals surface area contributed by atoms with Crippen LogP contribution in [0.4, 0.5) is 14.5 Å². The van der Waals surface area contributed by atoms with Crippen molar-refractivity contribution in [2.45, 2.75) is 37.5 Å². The van der Waals surface area contributed by atoms with Crippen LogP contribution < -0.4 is 10.5 Å². The van der Waals surface area contributed by atoms with E-state index in [9.17, 15) is 17.2 Å². The number of halogens is 2. The van der Waals surface area contributed by atoms with Crippen molar-refractivity contribution >= 4 is 15.7 Å². The Hall–Kier alpha value is -1.21. The van der Waals surface area contributed by atoms with Crippen LogP contribution >= 0.6 is 0 Å². The summed E-state index contributed by atoms with van der Waals surface area (Å²) in [7, 11) is -4.10. The van der Waals surface area contributed by atoms with Crippen LogP contribution in [0.2, 0.25) is 0 Å². The van der Waals surface area contributed by atoms with Crippen molar-refractivity contribution < 1.29 is 17.2 Å². The van der Waals surface area contributed by atoms with E-state index >= 15 is 0 Å². The van der Waals surface area contributed by atoms with Gasteiger partial charge in [-0.1, -0.05) is 19.8 Å². The molecule has 0 aromatic heterocycles. The molecule has 2 unspecified atom stereocenters. The number of hydrogen-bond donors (Lipinski definition) is 2. The predicted molar refractivity (Wildman–Crippen MR) is 77.1 cm³/mol. The highest BCUT2D eigenvalue weighted by atomic mass is 32.2. The molecule has 1 saturated carbocycles. The van der Waals surface area contributed by atoms with E-state index in [1.54, 1.807) is 0 Å². The number of anilines is 1. The molecule has 0 amide bonds. The minimum atomic E-state index is -4.10. The molecule has 0 saturated heterocycles. The third-order valence-corrected chi connectivity index (χ3v) is 5.34. The van der Waals surface area contributed by atoms with Crippen molar-refractivity contribution in [2.75, 3.05) is 12.3 Å². The smallest absolute Gasteiger partial charge is 0.243 e. The maximum Gasteiger partial charge on any atom is 0.243 e. The molecule has 2 atom stereocenters. The fraction of sp³-hybridized carbons (Fsp3) is 0.571. The largest absolute Gasteiger partial charge is 0.399 e. The maximum atomic E-state index is 13.7. The molecule has 1 aliphatic carbocycles. The van der Waals surface area contributed by atoms with E-state index in [2.05, 4.69) is 11.6 Å². The highest BCUT2D eigenvalue weighted by Crippen LogP contribution is 2.28. The normalized spacial score (nSPS) is 23.2. The van der Waals surface area contributed by atoms with E-state index in [1.165, 1.54) is 0 Å². The molecule has 7 heteroatoms. The number of hydrogen-bond acceptors (Lipinski definition) is 3. The van der Waals surface area contributed by atoms with E-state index in [0.717, 1.165) is 37.8 Å². The van der Waals surface area contributed by atoms with Crippen molar-refractivity contribution in [2.24, 2.45) is 11.8 Å². The van der Waals surface area contributed by atoms with E-state index < -0.39 is 26.6 Å². The zero-order valence-corrected chi connectivity index (χ0v) is 12.7. The molecular formula is C14H20F2N2O2S. The first-order valence-corrected chi connectivity index (χ1v) is 8.52. The topological polar surface area (TPSA) is 72.2 Å². The molecule has 21 heavy (non-hydrogen) atoms. The zero-order chi connectivity index (χ0) is 15.6. The lowest BCUT2D eigenvalue weighted by Crippen LogP contribution is -2.32. The van der Waals surface area contributed by atoms with Crippen LogP contribution in [0.1, 0.15) is 32.6 Å². The van der Waals surface area contributed by atoms with Crippen molar-refractivity contribution in [3.8, 4) is 0 Å². The van der Waals surface area contributed by atoms with Gasteiger partial charge in [-0.25, -0.2) is 21.9 Å². The van der Waals surface area contributed by atoms with Gasteiger partial charge in [0.25, 0.3) is 0 Å². The summed E-state index contributed by atoms with van der Waals surface area (Å²) in [6, 6.07) is 1.70. The maximum absolute atomic E-state index is 13.7. The van der Waals surface area contributed by atoms with Gasteiger partial charge in [0.2, 0.25) is 10.0 Å². The van der Waals surface area contributed by atoms with Gasteiger partial charge in [0, 0.05) is 12.2 Å². The fourth-order valence-corrected chi connectivity index (χ4v) is 4.07. The fourth-order valence-electron chi connectivity index (χ4n) is 2.83. The molecule has 2 rings (SSSR count). The molecule has 0 heterocycles. The minimum Gasteiger partial charge on any atom is -0.399 e. The lowest BCUT2D eigenvalue weighted by molar-refractivity contribution is 0.283. The molecule has 0 spiro atoms. The Bertz CT molecular complexity index is 620. The summed E-state index contributed by atoms with van der Waals surface area (Å²) in [6.45, 7) is 2.37. The Morgan fingerprint density at radius 1 is 1.33 bits per heavy atom. The molecule has 118 valence electrons. The quantitative estimate of drug-likeness (QED) is 0.838. The number of benzene rings is 1. The first-order chi connectivity index (χ1) is 9.79. The number of rotatable bonds is 4. The van der Waals surface area contributed by atoms with Gasteiger partial charge in [-0.05, 0) is 36.8 Å². The van der Waals surface area contributed by atoms with Crippen LogP contribution in [0.25, 0.3) is 0 Å². The second-order valence-corrected chi connectivity index (χ2v) is 7.54. The van der Waals surface area contributed by atoms with E-state index in [1.807, 2.05) is 0 Å². The summed E-state index contributed by atoms with van der Waals surface area (Å²) >= 11 is 0. The van der Waals surface area contributed by atoms with Gasteiger partial charge in [0.1, 0.15) is 4.90 Å². The molecule has 4 nitrogen and oxygen atoms in total. The molecule has 3 N–H and O–H groups in total. The SMILES string of the molecule is CC1CCCC(CNS(=O)(=O)c2cc(N)cc(F)c2F)C1.